The van der Waals surface area contributed by atoms with Crippen LogP contribution < -0.4 is 9.47 Å². The third-order valence-corrected chi connectivity index (χ3v) is 7.76. The maximum atomic E-state index is 12.9. The molecule has 1 amide bonds. The first-order valence-corrected chi connectivity index (χ1v) is 14.9. The number of piperazine rings is 1. The van der Waals surface area contributed by atoms with E-state index in [1.165, 1.54) is 29.5 Å². The lowest BCUT2D eigenvalue weighted by atomic mass is 10.1. The van der Waals surface area contributed by atoms with Crippen molar-refractivity contribution in [1.29, 1.82) is 0 Å². The second-order valence-electron chi connectivity index (χ2n) is 11.0. The number of carbonyl (C=O) groups excluding carboxylic acids is 1. The number of rotatable bonds is 9. The number of aromatic nitrogens is 1. The van der Waals surface area contributed by atoms with Gasteiger partial charge in [-0.2, -0.15) is 13.2 Å². The number of ether oxygens (including phenoxy) is 2. The Morgan fingerprint density at radius 2 is 1.61 bits per heavy atom. The summed E-state index contributed by atoms with van der Waals surface area (Å²) in [5, 5.41) is 0.372. The fraction of sp³-hybridized carbons (Fsp3) is 0.257. The number of halogens is 5. The highest BCUT2D eigenvalue weighted by Gasteiger charge is 2.30. The lowest BCUT2D eigenvalue weighted by molar-refractivity contribution is -0.137. The quantitative estimate of drug-likeness (QED) is 0.167. The van der Waals surface area contributed by atoms with Crippen molar-refractivity contribution in [3.8, 4) is 17.4 Å². The summed E-state index contributed by atoms with van der Waals surface area (Å²) in [5.41, 5.74) is 3.95. The van der Waals surface area contributed by atoms with Crippen LogP contribution in [0.15, 0.2) is 85.1 Å². The van der Waals surface area contributed by atoms with Gasteiger partial charge in [0.2, 0.25) is 11.8 Å². The summed E-state index contributed by atoms with van der Waals surface area (Å²) in [6, 6.07) is 20.2. The van der Waals surface area contributed by atoms with Gasteiger partial charge in [-0.3, -0.25) is 9.69 Å². The molecule has 5 rings (SSSR count). The predicted molar refractivity (Wildman–Crippen MR) is 176 cm³/mol. The lowest BCUT2D eigenvalue weighted by Crippen LogP contribution is -2.47. The molecule has 0 spiro atoms. The summed E-state index contributed by atoms with van der Waals surface area (Å²) in [6.07, 6.45) is 0.417. The molecule has 1 aliphatic heterocycles. The van der Waals surface area contributed by atoms with E-state index in [0.717, 1.165) is 42.9 Å². The number of hydrogen-bond donors (Lipinski definition) is 0. The Labute approximate surface area is 277 Å². The lowest BCUT2D eigenvalue weighted by Gasteiger charge is -2.34. The van der Waals surface area contributed by atoms with Crippen molar-refractivity contribution >= 4 is 36.0 Å². The van der Waals surface area contributed by atoms with Crippen LogP contribution in [0.4, 0.5) is 13.2 Å². The van der Waals surface area contributed by atoms with Crippen LogP contribution in [-0.4, -0.2) is 46.9 Å². The van der Waals surface area contributed by atoms with E-state index in [2.05, 4.69) is 41.1 Å². The van der Waals surface area contributed by atoms with Crippen molar-refractivity contribution in [3.63, 3.8) is 0 Å². The molecule has 1 saturated heterocycles. The molecule has 1 fully saturated rings. The molecule has 0 N–H and O–H groups in total. The van der Waals surface area contributed by atoms with E-state index in [9.17, 15) is 18.0 Å². The Hall–Kier alpha value is -4.05. The van der Waals surface area contributed by atoms with Gasteiger partial charge < -0.3 is 14.4 Å². The highest BCUT2D eigenvalue weighted by Crippen LogP contribution is 2.34. The van der Waals surface area contributed by atoms with Gasteiger partial charge in [0.1, 0.15) is 12.4 Å². The van der Waals surface area contributed by atoms with Crippen LogP contribution in [-0.2, 0) is 24.1 Å². The number of alkyl halides is 3. The van der Waals surface area contributed by atoms with Crippen molar-refractivity contribution in [2.45, 2.75) is 33.2 Å². The van der Waals surface area contributed by atoms with E-state index in [-0.39, 0.29) is 24.9 Å². The Kier molecular flexibility index (Phi) is 11.7. The number of amides is 1. The number of aryl methyl sites for hydroxylation is 2. The summed E-state index contributed by atoms with van der Waals surface area (Å²) < 4.78 is 49.8. The first kappa shape index (κ1) is 34.8. The zero-order valence-electron chi connectivity index (χ0n) is 25.4. The Morgan fingerprint density at radius 3 is 2.22 bits per heavy atom. The average Bonchev–Trinajstić information content (AvgIpc) is 3.02. The van der Waals surface area contributed by atoms with E-state index in [1.54, 1.807) is 30.4 Å². The summed E-state index contributed by atoms with van der Waals surface area (Å²) in [4.78, 5) is 21.3. The Balaban J connectivity index is 0.00000480. The van der Waals surface area contributed by atoms with Gasteiger partial charge in [-0.05, 0) is 72.5 Å². The van der Waals surface area contributed by atoms with Crippen molar-refractivity contribution in [3.05, 3.63) is 123 Å². The van der Waals surface area contributed by atoms with Gasteiger partial charge in [0.25, 0.3) is 0 Å². The van der Waals surface area contributed by atoms with Gasteiger partial charge >= 0.3 is 6.18 Å². The number of nitrogens with zero attached hydrogens (tertiary/aromatic N) is 3. The number of benzene rings is 3. The maximum Gasteiger partial charge on any atom is 0.416 e. The van der Waals surface area contributed by atoms with Crippen LogP contribution in [0.3, 0.4) is 0 Å². The van der Waals surface area contributed by atoms with Crippen molar-refractivity contribution < 1.29 is 27.4 Å². The van der Waals surface area contributed by atoms with E-state index in [4.69, 9.17) is 21.1 Å². The number of carbonyl (C=O) groups is 1. The van der Waals surface area contributed by atoms with Gasteiger partial charge in [0.15, 0.2) is 5.75 Å². The van der Waals surface area contributed by atoms with Crippen LogP contribution in [0, 0.1) is 13.8 Å². The van der Waals surface area contributed by atoms with Gasteiger partial charge in [-0.25, -0.2) is 4.98 Å². The molecule has 1 aromatic heterocycles. The fourth-order valence-electron chi connectivity index (χ4n) is 4.91. The van der Waals surface area contributed by atoms with Crippen molar-refractivity contribution in [1.82, 2.24) is 14.8 Å². The van der Waals surface area contributed by atoms with E-state index >= 15 is 0 Å². The molecule has 0 saturated carbocycles. The molecule has 6 nitrogen and oxygen atoms in total. The molecule has 0 radical (unpaired) electrons. The molecule has 4 aromatic rings. The maximum absolute atomic E-state index is 12.9. The van der Waals surface area contributed by atoms with Crippen LogP contribution in [0.1, 0.15) is 33.4 Å². The minimum absolute atomic E-state index is 0. The number of hydrogen-bond acceptors (Lipinski definition) is 5. The summed E-state index contributed by atoms with van der Waals surface area (Å²) >= 11 is 6.55. The Morgan fingerprint density at radius 1 is 0.935 bits per heavy atom. The Bertz CT molecular complexity index is 1610. The molecule has 1 aliphatic rings. The molecule has 2 heterocycles. The van der Waals surface area contributed by atoms with Gasteiger partial charge in [-0.15, -0.1) is 12.4 Å². The van der Waals surface area contributed by atoms with Crippen LogP contribution >= 0.6 is 24.0 Å². The third-order valence-electron chi connectivity index (χ3n) is 7.48. The predicted octanol–water partition coefficient (Wildman–Crippen LogP) is 8.52. The molecule has 46 heavy (non-hydrogen) atoms. The average molecular weight is 673 g/mol. The molecule has 0 bridgehead atoms. The fourth-order valence-corrected chi connectivity index (χ4v) is 5.22. The zero-order chi connectivity index (χ0) is 32.0. The van der Waals surface area contributed by atoms with E-state index < -0.39 is 11.7 Å². The molecule has 242 valence electrons. The second kappa shape index (κ2) is 15.5. The van der Waals surface area contributed by atoms with Crippen molar-refractivity contribution in [2.75, 3.05) is 26.2 Å². The zero-order valence-corrected chi connectivity index (χ0v) is 27.0. The van der Waals surface area contributed by atoms with E-state index in [0.29, 0.717) is 41.1 Å². The smallest absolute Gasteiger partial charge is 0.416 e. The normalized spacial score (nSPS) is 13.8. The molecule has 0 unspecified atom stereocenters. The minimum Gasteiger partial charge on any atom is -0.487 e. The number of pyridine rings is 1. The van der Waals surface area contributed by atoms with Crippen LogP contribution in [0.5, 0.6) is 17.4 Å². The molecule has 0 aliphatic carbocycles. The first-order chi connectivity index (χ1) is 21.5. The van der Waals surface area contributed by atoms with Crippen LogP contribution in [0.2, 0.25) is 5.02 Å². The summed E-state index contributed by atoms with van der Waals surface area (Å²) in [6.45, 7) is 7.90. The van der Waals surface area contributed by atoms with Gasteiger partial charge in [0.05, 0.1) is 16.8 Å². The minimum atomic E-state index is -4.38. The van der Waals surface area contributed by atoms with Crippen LogP contribution in [0.25, 0.3) is 6.08 Å². The summed E-state index contributed by atoms with van der Waals surface area (Å²) in [7, 11) is 0. The van der Waals surface area contributed by atoms with Gasteiger partial charge in [0, 0.05) is 44.9 Å². The molecular formula is C35H34Cl2F3N3O3. The monoisotopic (exact) mass is 671 g/mol. The topological polar surface area (TPSA) is 54.9 Å². The molecule has 11 heteroatoms. The highest BCUT2D eigenvalue weighted by atomic mass is 35.5. The SMILES string of the molecule is Cc1ccc(CN2CCN(C(=O)C=Cc3cc(C)c(Oc4ccc(OCc5ccc(C(F)(F)F)cc5)cn4)c(Cl)c3)CC2)cc1.Cl. The molecular weight excluding hydrogens is 638 g/mol. The van der Waals surface area contributed by atoms with Gasteiger partial charge in [-0.1, -0.05) is 53.6 Å². The largest absolute Gasteiger partial charge is 0.487 e. The van der Waals surface area contributed by atoms with Crippen molar-refractivity contribution in [2.24, 2.45) is 0 Å². The first-order valence-electron chi connectivity index (χ1n) is 14.5. The highest BCUT2D eigenvalue weighted by molar-refractivity contribution is 6.32. The standard InChI is InChI=1S/C35H33ClF3N3O3.ClH/c1-24-3-5-26(6-4-24)22-41-15-17-42(18-16-41)33(43)14-9-28-19-25(2)34(31(36)20-28)45-32-13-12-30(21-40-32)44-23-27-7-10-29(11-8-27)35(37,38)39;/h3-14,19-21H,15-18,22-23H2,1-2H3;1H. The summed E-state index contributed by atoms with van der Waals surface area (Å²) in [5.74, 6) is 1.13. The molecule has 3 aromatic carbocycles. The molecule has 0 atom stereocenters. The third kappa shape index (κ3) is 9.48. The van der Waals surface area contributed by atoms with E-state index in [1.807, 2.05) is 17.9 Å². The second-order valence-corrected chi connectivity index (χ2v) is 11.4.